The zero-order valence-corrected chi connectivity index (χ0v) is 21.0. The molecule has 0 bridgehead atoms. The van der Waals surface area contributed by atoms with Crippen molar-refractivity contribution in [2.24, 2.45) is 0 Å². The summed E-state index contributed by atoms with van der Waals surface area (Å²) in [6, 6.07) is 21.7. The number of anilines is 1. The summed E-state index contributed by atoms with van der Waals surface area (Å²) in [5.74, 6) is -1.00. The minimum Gasteiger partial charge on any atom is -0.462 e. The maximum absolute atomic E-state index is 14.1. The van der Waals surface area contributed by atoms with Gasteiger partial charge in [0.1, 0.15) is 0 Å². The molecular formula is C30H34N2O3. The van der Waals surface area contributed by atoms with E-state index in [-0.39, 0.29) is 18.4 Å². The number of ether oxygens (including phenoxy) is 1. The fourth-order valence-corrected chi connectivity index (χ4v) is 4.80. The van der Waals surface area contributed by atoms with Crippen LogP contribution in [0.15, 0.2) is 66.7 Å². The van der Waals surface area contributed by atoms with Crippen LogP contribution in [0.1, 0.15) is 75.7 Å². The normalized spacial score (nSPS) is 17.1. The Morgan fingerprint density at radius 1 is 0.914 bits per heavy atom. The lowest BCUT2D eigenvalue weighted by atomic mass is 9.77. The lowest BCUT2D eigenvalue weighted by Gasteiger charge is -2.35. The minimum absolute atomic E-state index is 0.0662. The molecule has 2 unspecified atom stereocenters. The summed E-state index contributed by atoms with van der Waals surface area (Å²) in [5.41, 5.74) is 5.74. The van der Waals surface area contributed by atoms with Gasteiger partial charge in [0.05, 0.1) is 29.7 Å². The number of rotatable bonds is 8. The van der Waals surface area contributed by atoms with Gasteiger partial charge in [0.25, 0.3) is 0 Å². The SMILES string of the molecule is CCOC(=O)c1cccc2c1C(=O)C(c1ccc(C)cc1)C(c1ccc(CN(CC)CC)cc1)N2. The molecule has 0 fully saturated rings. The van der Waals surface area contributed by atoms with Crippen LogP contribution in [0, 0.1) is 6.92 Å². The number of esters is 1. The van der Waals surface area contributed by atoms with E-state index >= 15 is 0 Å². The predicted molar refractivity (Wildman–Crippen MR) is 140 cm³/mol. The van der Waals surface area contributed by atoms with E-state index in [1.54, 1.807) is 19.1 Å². The molecule has 3 aromatic rings. The molecule has 5 heteroatoms. The van der Waals surface area contributed by atoms with E-state index in [1.165, 1.54) is 5.56 Å². The van der Waals surface area contributed by atoms with Gasteiger partial charge >= 0.3 is 5.97 Å². The van der Waals surface area contributed by atoms with Crippen molar-refractivity contribution in [3.8, 4) is 0 Å². The molecule has 2 atom stereocenters. The molecule has 1 heterocycles. The Bertz CT molecular complexity index is 1180. The predicted octanol–water partition coefficient (Wildman–Crippen LogP) is 6.15. The van der Waals surface area contributed by atoms with E-state index in [4.69, 9.17) is 4.74 Å². The summed E-state index contributed by atoms with van der Waals surface area (Å²) < 4.78 is 5.25. The van der Waals surface area contributed by atoms with E-state index in [1.807, 2.05) is 37.3 Å². The van der Waals surface area contributed by atoms with Crippen LogP contribution in [0.25, 0.3) is 0 Å². The summed E-state index contributed by atoms with van der Waals surface area (Å²) in [6.07, 6.45) is 0. The molecule has 1 N–H and O–H groups in total. The standard InChI is InChI=1S/C30H34N2O3/c1-5-32(6-2)19-21-13-17-23(18-14-21)28-26(22-15-11-20(4)12-16-22)29(33)27-24(30(34)35-7-3)9-8-10-25(27)31-28/h8-18,26,28,31H,5-7,19H2,1-4H3. The first-order valence-electron chi connectivity index (χ1n) is 12.4. The molecule has 4 rings (SSSR count). The molecule has 0 spiro atoms. The Morgan fingerprint density at radius 3 is 2.20 bits per heavy atom. The molecule has 5 nitrogen and oxygen atoms in total. The van der Waals surface area contributed by atoms with E-state index in [9.17, 15) is 9.59 Å². The van der Waals surface area contributed by atoms with Crippen LogP contribution in [-0.4, -0.2) is 36.3 Å². The highest BCUT2D eigenvalue weighted by molar-refractivity contribution is 6.14. The number of ketones is 1. The van der Waals surface area contributed by atoms with Crippen molar-refractivity contribution in [3.05, 3.63) is 100 Å². The van der Waals surface area contributed by atoms with Crippen molar-refractivity contribution in [1.29, 1.82) is 0 Å². The molecule has 1 aliphatic heterocycles. The number of hydrogen-bond donors (Lipinski definition) is 1. The third kappa shape index (κ3) is 5.15. The number of carbonyl (C=O) groups is 2. The fraction of sp³-hybridized carbons (Fsp3) is 0.333. The second-order valence-electron chi connectivity index (χ2n) is 9.03. The average Bonchev–Trinajstić information content (AvgIpc) is 2.88. The second-order valence-corrected chi connectivity index (χ2v) is 9.03. The van der Waals surface area contributed by atoms with Crippen LogP contribution in [-0.2, 0) is 11.3 Å². The molecule has 0 saturated heterocycles. The number of nitrogens with one attached hydrogen (secondary N) is 1. The first-order chi connectivity index (χ1) is 17.0. The van der Waals surface area contributed by atoms with E-state index in [0.29, 0.717) is 16.8 Å². The lowest BCUT2D eigenvalue weighted by Crippen LogP contribution is -2.33. The molecule has 1 aliphatic rings. The number of aryl methyl sites for hydroxylation is 1. The highest BCUT2D eigenvalue weighted by atomic mass is 16.5. The van der Waals surface area contributed by atoms with Crippen molar-refractivity contribution in [2.45, 2.75) is 46.2 Å². The van der Waals surface area contributed by atoms with Crippen LogP contribution in [0.3, 0.4) is 0 Å². The van der Waals surface area contributed by atoms with Crippen molar-refractivity contribution >= 4 is 17.4 Å². The average molecular weight is 471 g/mol. The van der Waals surface area contributed by atoms with Crippen LogP contribution in [0.2, 0.25) is 0 Å². The van der Waals surface area contributed by atoms with Gasteiger partial charge in [0.15, 0.2) is 5.78 Å². The number of Topliss-reactive ketones (excluding diaryl/α,β-unsaturated/α-hetero) is 1. The van der Waals surface area contributed by atoms with Crippen molar-refractivity contribution in [1.82, 2.24) is 4.90 Å². The Hall–Kier alpha value is -3.44. The van der Waals surface area contributed by atoms with Gasteiger partial charge in [0.2, 0.25) is 0 Å². The molecule has 0 aliphatic carbocycles. The quantitative estimate of drug-likeness (QED) is 0.400. The van der Waals surface area contributed by atoms with Crippen LogP contribution < -0.4 is 5.32 Å². The highest BCUT2D eigenvalue weighted by Gasteiger charge is 2.39. The van der Waals surface area contributed by atoms with Crippen molar-refractivity contribution in [2.75, 3.05) is 25.0 Å². The van der Waals surface area contributed by atoms with E-state index in [2.05, 4.69) is 48.3 Å². The third-order valence-electron chi connectivity index (χ3n) is 6.81. The van der Waals surface area contributed by atoms with Gasteiger partial charge in [-0.1, -0.05) is 74.0 Å². The summed E-state index contributed by atoms with van der Waals surface area (Å²) in [7, 11) is 0. The molecule has 0 saturated carbocycles. The zero-order chi connectivity index (χ0) is 24.9. The highest BCUT2D eigenvalue weighted by Crippen LogP contribution is 2.43. The number of benzene rings is 3. The van der Waals surface area contributed by atoms with Crippen LogP contribution in [0.4, 0.5) is 5.69 Å². The smallest absolute Gasteiger partial charge is 0.338 e. The Kier molecular flexibility index (Phi) is 7.67. The van der Waals surface area contributed by atoms with Crippen LogP contribution in [0.5, 0.6) is 0 Å². The number of hydrogen-bond acceptors (Lipinski definition) is 5. The molecular weight excluding hydrogens is 436 g/mol. The summed E-state index contributed by atoms with van der Waals surface area (Å²) >= 11 is 0. The molecule has 35 heavy (non-hydrogen) atoms. The van der Waals surface area contributed by atoms with Gasteiger partial charge in [-0.2, -0.15) is 0 Å². The second kappa shape index (κ2) is 10.9. The third-order valence-corrected chi connectivity index (χ3v) is 6.81. The van der Waals surface area contributed by atoms with E-state index < -0.39 is 11.9 Å². The monoisotopic (exact) mass is 470 g/mol. The Morgan fingerprint density at radius 2 is 1.57 bits per heavy atom. The summed E-state index contributed by atoms with van der Waals surface area (Å²) in [6.45, 7) is 11.3. The first kappa shape index (κ1) is 24.7. The number of carbonyl (C=O) groups excluding carboxylic acids is 2. The lowest BCUT2D eigenvalue weighted by molar-refractivity contribution is 0.0522. The fourth-order valence-electron chi connectivity index (χ4n) is 4.80. The summed E-state index contributed by atoms with van der Waals surface area (Å²) in [4.78, 5) is 29.1. The zero-order valence-electron chi connectivity index (χ0n) is 21.0. The number of fused-ring (bicyclic) bond motifs is 1. The molecule has 3 aromatic carbocycles. The first-order valence-corrected chi connectivity index (χ1v) is 12.4. The molecule has 0 aromatic heterocycles. The molecule has 0 amide bonds. The van der Waals surface area contributed by atoms with Crippen molar-refractivity contribution < 1.29 is 14.3 Å². The van der Waals surface area contributed by atoms with Crippen LogP contribution >= 0.6 is 0 Å². The molecule has 0 radical (unpaired) electrons. The van der Waals surface area contributed by atoms with Gasteiger partial charge in [0, 0.05) is 12.2 Å². The largest absolute Gasteiger partial charge is 0.462 e. The van der Waals surface area contributed by atoms with Gasteiger partial charge in [-0.3, -0.25) is 9.69 Å². The Labute approximate surface area is 208 Å². The minimum atomic E-state index is -0.471. The maximum atomic E-state index is 14.1. The number of nitrogens with zero attached hydrogens (tertiary/aromatic N) is 1. The van der Waals surface area contributed by atoms with Gasteiger partial charge < -0.3 is 10.1 Å². The summed E-state index contributed by atoms with van der Waals surface area (Å²) in [5, 5.41) is 3.59. The van der Waals surface area contributed by atoms with Gasteiger partial charge in [-0.25, -0.2) is 4.79 Å². The van der Waals surface area contributed by atoms with Crippen molar-refractivity contribution in [3.63, 3.8) is 0 Å². The van der Waals surface area contributed by atoms with Gasteiger partial charge in [-0.05, 0) is 55.8 Å². The Balaban J connectivity index is 1.76. The molecule has 182 valence electrons. The van der Waals surface area contributed by atoms with Gasteiger partial charge in [-0.15, -0.1) is 0 Å². The van der Waals surface area contributed by atoms with E-state index in [0.717, 1.165) is 36.3 Å². The topological polar surface area (TPSA) is 58.6 Å². The maximum Gasteiger partial charge on any atom is 0.338 e.